The summed E-state index contributed by atoms with van der Waals surface area (Å²) in [5, 5.41) is 14.6. The second-order valence-corrected chi connectivity index (χ2v) is 6.35. The normalized spacial score (nSPS) is 13.5. The molecule has 1 unspecified atom stereocenters. The van der Waals surface area contributed by atoms with Crippen LogP contribution in [-0.2, 0) is 11.2 Å². The van der Waals surface area contributed by atoms with Crippen LogP contribution in [0.25, 0.3) is 10.9 Å². The first-order valence-electron chi connectivity index (χ1n) is 8.58. The Morgan fingerprint density at radius 2 is 2.19 bits per heavy atom. The maximum Gasteiger partial charge on any atom is 0.339 e. The zero-order valence-corrected chi connectivity index (χ0v) is 14.9. The van der Waals surface area contributed by atoms with Crippen LogP contribution in [0.2, 0.25) is 0 Å². The third kappa shape index (κ3) is 3.92. The zero-order valence-electron chi connectivity index (χ0n) is 14.9. The number of ether oxygens (including phenoxy) is 1. The lowest BCUT2D eigenvalue weighted by atomic mass is 10.0. The Labute approximate surface area is 152 Å². The molecule has 0 amide bonds. The minimum absolute atomic E-state index is 0.155. The van der Waals surface area contributed by atoms with Crippen molar-refractivity contribution >= 4 is 16.9 Å². The van der Waals surface area contributed by atoms with E-state index in [1.165, 1.54) is 7.11 Å². The lowest BCUT2D eigenvalue weighted by Gasteiger charge is -2.17. The molecule has 0 aliphatic rings. The first-order valence-corrected chi connectivity index (χ1v) is 8.58. The average Bonchev–Trinajstić information content (AvgIpc) is 3.09. The minimum atomic E-state index is -0.597. The van der Waals surface area contributed by atoms with Gasteiger partial charge in [-0.2, -0.15) is 0 Å². The van der Waals surface area contributed by atoms with Gasteiger partial charge in [0.05, 0.1) is 24.3 Å². The molecule has 2 heterocycles. The number of rotatable bonds is 7. The van der Waals surface area contributed by atoms with Crippen LogP contribution in [0, 0.1) is 0 Å². The largest absolute Gasteiger partial charge is 0.465 e. The van der Waals surface area contributed by atoms with Gasteiger partial charge >= 0.3 is 5.97 Å². The highest BCUT2D eigenvalue weighted by atomic mass is 16.5. The molecule has 6 nitrogen and oxygen atoms in total. The predicted octanol–water partition coefficient (Wildman–Crippen LogP) is 2.60. The monoisotopic (exact) mass is 353 g/mol. The Balaban J connectivity index is 1.66. The van der Waals surface area contributed by atoms with E-state index in [0.717, 1.165) is 28.5 Å². The number of carbonyl (C=O) groups is 1. The van der Waals surface area contributed by atoms with Crippen molar-refractivity contribution in [1.29, 1.82) is 0 Å². The molecule has 0 aliphatic carbocycles. The van der Waals surface area contributed by atoms with Crippen molar-refractivity contribution in [2.24, 2.45) is 0 Å². The van der Waals surface area contributed by atoms with Crippen molar-refractivity contribution in [3.63, 3.8) is 0 Å². The zero-order chi connectivity index (χ0) is 18.5. The molecule has 3 rings (SSSR count). The van der Waals surface area contributed by atoms with Crippen LogP contribution in [0.5, 0.6) is 0 Å². The number of nitrogens with zero attached hydrogens (tertiary/aromatic N) is 1. The number of hydrogen-bond acceptors (Lipinski definition) is 5. The van der Waals surface area contributed by atoms with E-state index in [2.05, 4.69) is 22.2 Å². The number of methoxy groups -OCH3 is 1. The molecular formula is C20H23N3O3. The van der Waals surface area contributed by atoms with Crippen LogP contribution < -0.4 is 5.32 Å². The van der Waals surface area contributed by atoms with Crippen molar-refractivity contribution in [2.75, 3.05) is 13.7 Å². The molecule has 0 aliphatic heterocycles. The predicted molar refractivity (Wildman–Crippen MR) is 100 cm³/mol. The Morgan fingerprint density at radius 3 is 2.92 bits per heavy atom. The second kappa shape index (κ2) is 8.12. The highest BCUT2D eigenvalue weighted by molar-refractivity contribution is 6.03. The number of aliphatic hydroxyl groups is 1. The summed E-state index contributed by atoms with van der Waals surface area (Å²) in [6.45, 7) is 2.52. The summed E-state index contributed by atoms with van der Waals surface area (Å²) in [5.41, 5.74) is 3.23. The van der Waals surface area contributed by atoms with E-state index in [1.54, 1.807) is 18.5 Å². The SMILES string of the molecule is COC(=O)c1cccc2c(C[C@@H](C)NCC(O)c3cccnc3)c[nH]c12. The topological polar surface area (TPSA) is 87.2 Å². The number of para-hydroxylation sites is 1. The average molecular weight is 353 g/mol. The van der Waals surface area contributed by atoms with E-state index < -0.39 is 6.10 Å². The van der Waals surface area contributed by atoms with Gasteiger partial charge in [-0.05, 0) is 31.0 Å². The molecule has 1 aromatic carbocycles. The summed E-state index contributed by atoms with van der Waals surface area (Å²) >= 11 is 0. The van der Waals surface area contributed by atoms with Crippen LogP contribution in [0.3, 0.4) is 0 Å². The van der Waals surface area contributed by atoms with E-state index in [1.807, 2.05) is 30.5 Å². The number of hydrogen-bond donors (Lipinski definition) is 3. The second-order valence-electron chi connectivity index (χ2n) is 6.35. The third-order valence-electron chi connectivity index (χ3n) is 4.46. The molecule has 0 bridgehead atoms. The van der Waals surface area contributed by atoms with Crippen LogP contribution in [-0.4, -0.2) is 40.7 Å². The summed E-state index contributed by atoms with van der Waals surface area (Å²) in [4.78, 5) is 19.1. The van der Waals surface area contributed by atoms with Crippen LogP contribution >= 0.6 is 0 Å². The van der Waals surface area contributed by atoms with Gasteiger partial charge in [0.1, 0.15) is 0 Å². The molecule has 6 heteroatoms. The molecule has 3 aromatic rings. The Bertz CT molecular complexity index is 876. The maximum atomic E-state index is 11.9. The fourth-order valence-electron chi connectivity index (χ4n) is 3.07. The van der Waals surface area contributed by atoms with Gasteiger partial charge in [0.25, 0.3) is 0 Å². The molecule has 0 saturated carbocycles. The first-order chi connectivity index (χ1) is 12.6. The molecular weight excluding hydrogens is 330 g/mol. The molecule has 0 radical (unpaired) electrons. The van der Waals surface area contributed by atoms with Gasteiger partial charge in [0.15, 0.2) is 0 Å². The summed E-state index contributed by atoms with van der Waals surface area (Å²) < 4.78 is 4.84. The Hall–Kier alpha value is -2.70. The Kier molecular flexibility index (Phi) is 5.65. The van der Waals surface area contributed by atoms with Crippen molar-refractivity contribution < 1.29 is 14.6 Å². The maximum absolute atomic E-state index is 11.9. The summed E-state index contributed by atoms with van der Waals surface area (Å²) in [7, 11) is 1.38. The first kappa shape index (κ1) is 18.1. The number of benzene rings is 1. The number of aliphatic hydroxyl groups excluding tert-OH is 1. The molecule has 2 aromatic heterocycles. The fraction of sp³-hybridized carbons (Fsp3) is 0.300. The van der Waals surface area contributed by atoms with Gasteiger partial charge in [-0.1, -0.05) is 18.2 Å². The lowest BCUT2D eigenvalue weighted by molar-refractivity contribution is 0.0603. The van der Waals surface area contributed by atoms with Crippen LogP contribution in [0.15, 0.2) is 48.9 Å². The van der Waals surface area contributed by atoms with E-state index in [0.29, 0.717) is 12.1 Å². The van der Waals surface area contributed by atoms with Gasteiger partial charge in [0.2, 0.25) is 0 Å². The molecule has 0 spiro atoms. The van der Waals surface area contributed by atoms with Gasteiger partial charge in [0, 0.05) is 42.1 Å². The van der Waals surface area contributed by atoms with Gasteiger partial charge in [-0.3, -0.25) is 4.98 Å². The lowest BCUT2D eigenvalue weighted by Crippen LogP contribution is -2.32. The molecule has 0 fully saturated rings. The van der Waals surface area contributed by atoms with Crippen molar-refractivity contribution in [2.45, 2.75) is 25.5 Å². The number of fused-ring (bicyclic) bond motifs is 1. The number of aromatic amines is 1. The van der Waals surface area contributed by atoms with Crippen molar-refractivity contribution in [3.05, 3.63) is 65.6 Å². The highest BCUT2D eigenvalue weighted by Gasteiger charge is 2.15. The number of carbonyl (C=O) groups excluding carboxylic acids is 1. The van der Waals surface area contributed by atoms with Crippen LogP contribution in [0.1, 0.15) is 34.5 Å². The quantitative estimate of drug-likeness (QED) is 0.568. The van der Waals surface area contributed by atoms with E-state index in [9.17, 15) is 9.90 Å². The van der Waals surface area contributed by atoms with Crippen molar-refractivity contribution in [3.8, 4) is 0 Å². The highest BCUT2D eigenvalue weighted by Crippen LogP contribution is 2.23. The van der Waals surface area contributed by atoms with E-state index in [4.69, 9.17) is 4.74 Å². The standard InChI is InChI=1S/C20H23N3O3/c1-13(22-12-18(24)14-5-4-8-21-10-14)9-15-11-23-19-16(15)6-3-7-17(19)20(25)26-2/h3-8,10-11,13,18,22-24H,9,12H2,1-2H3/t13-,18?/m1/s1. The number of esters is 1. The van der Waals surface area contributed by atoms with E-state index >= 15 is 0 Å². The number of H-pyrrole nitrogens is 1. The van der Waals surface area contributed by atoms with Crippen molar-refractivity contribution in [1.82, 2.24) is 15.3 Å². The molecule has 3 N–H and O–H groups in total. The summed E-state index contributed by atoms with van der Waals surface area (Å²) in [5.74, 6) is -0.352. The number of pyridine rings is 1. The van der Waals surface area contributed by atoms with E-state index in [-0.39, 0.29) is 12.0 Å². The summed E-state index contributed by atoms with van der Waals surface area (Å²) in [6.07, 6.45) is 5.45. The molecule has 2 atom stereocenters. The van der Waals surface area contributed by atoms with Crippen LogP contribution in [0.4, 0.5) is 0 Å². The number of nitrogens with one attached hydrogen (secondary N) is 2. The summed E-state index contributed by atoms with van der Waals surface area (Å²) in [6, 6.07) is 9.42. The van der Waals surface area contributed by atoms with Gasteiger partial charge in [-0.25, -0.2) is 4.79 Å². The molecule has 26 heavy (non-hydrogen) atoms. The van der Waals surface area contributed by atoms with Gasteiger partial charge < -0.3 is 20.1 Å². The molecule has 0 saturated heterocycles. The third-order valence-corrected chi connectivity index (χ3v) is 4.46. The van der Waals surface area contributed by atoms with Gasteiger partial charge in [-0.15, -0.1) is 0 Å². The fourth-order valence-corrected chi connectivity index (χ4v) is 3.07. The number of aromatic nitrogens is 2. The Morgan fingerprint density at radius 1 is 1.35 bits per heavy atom. The molecule has 136 valence electrons. The smallest absolute Gasteiger partial charge is 0.339 e. The minimum Gasteiger partial charge on any atom is -0.465 e.